The molecular formula is C36H56N2O2S4. The third-order valence-corrected chi connectivity index (χ3v) is 13.3. The molecule has 0 saturated heterocycles. The van der Waals surface area contributed by atoms with Crippen LogP contribution in [0.5, 0.6) is 0 Å². The zero-order chi connectivity index (χ0) is 31.9. The number of rotatable bonds is 25. The second-order valence-electron chi connectivity index (χ2n) is 11.4. The van der Waals surface area contributed by atoms with E-state index in [0.717, 1.165) is 58.3 Å². The van der Waals surface area contributed by atoms with Crippen LogP contribution in [0.1, 0.15) is 102 Å². The van der Waals surface area contributed by atoms with Crippen molar-refractivity contribution < 1.29 is 10.2 Å². The standard InChI is InChI=1S/C36H56N2O2S4/c1-30(34(22-26-39)43-41-28-32-18-12-10-13-19-32)36(38,24-16-8-6-4-3-5-7-9-17-25-37)31(2)35(23-27-40)44-42-29-33-20-14-11-15-21-33/h10-15,18-21,39-40H,3-9,16-17,22-29,37-38H2,1-2H3. The van der Waals surface area contributed by atoms with Crippen molar-refractivity contribution in [3.63, 3.8) is 0 Å². The molecule has 0 atom stereocenters. The lowest BCUT2D eigenvalue weighted by atomic mass is 9.79. The number of unbranched alkanes of at least 4 members (excludes halogenated alkanes) is 8. The number of aliphatic hydroxyl groups excluding tert-OH is 2. The molecule has 0 aromatic heterocycles. The second kappa shape index (κ2) is 24.3. The molecule has 44 heavy (non-hydrogen) atoms. The molecule has 0 saturated carbocycles. The summed E-state index contributed by atoms with van der Waals surface area (Å²) in [6, 6.07) is 21.0. The topological polar surface area (TPSA) is 92.5 Å². The van der Waals surface area contributed by atoms with E-state index in [4.69, 9.17) is 11.5 Å². The van der Waals surface area contributed by atoms with E-state index in [1.807, 2.05) is 12.1 Å². The quantitative estimate of drug-likeness (QED) is 0.0610. The number of hydrogen-bond acceptors (Lipinski definition) is 8. The van der Waals surface area contributed by atoms with Gasteiger partial charge in [-0.25, -0.2) is 0 Å². The Labute approximate surface area is 283 Å². The van der Waals surface area contributed by atoms with Gasteiger partial charge in [0.15, 0.2) is 0 Å². The van der Waals surface area contributed by atoms with Gasteiger partial charge in [-0.05, 0) is 65.3 Å². The van der Waals surface area contributed by atoms with Crippen molar-refractivity contribution in [1.29, 1.82) is 0 Å². The Bertz CT molecular complexity index is 1010. The third-order valence-electron chi connectivity index (χ3n) is 8.08. The van der Waals surface area contributed by atoms with Crippen LogP contribution in [0.15, 0.2) is 81.6 Å². The summed E-state index contributed by atoms with van der Waals surface area (Å²) in [5.74, 6) is 1.79. The number of nitrogens with two attached hydrogens (primary N) is 2. The first-order valence-electron chi connectivity index (χ1n) is 16.2. The van der Waals surface area contributed by atoms with E-state index >= 15 is 0 Å². The number of hydrogen-bond donors (Lipinski definition) is 4. The summed E-state index contributed by atoms with van der Waals surface area (Å²) in [6.07, 6.45) is 13.1. The molecule has 0 aliphatic heterocycles. The first-order chi connectivity index (χ1) is 21.5. The SMILES string of the molecule is CC(=C(CCO)SSCc1ccccc1)C(N)(CCCCCCCCCCCN)C(C)=C(CCO)SSCc1ccccc1. The van der Waals surface area contributed by atoms with Gasteiger partial charge in [0.2, 0.25) is 0 Å². The van der Waals surface area contributed by atoms with E-state index in [0.29, 0.717) is 12.8 Å². The third kappa shape index (κ3) is 15.2. The summed E-state index contributed by atoms with van der Waals surface area (Å²) in [6.45, 7) is 5.34. The average molecular weight is 677 g/mol. The second-order valence-corrected chi connectivity index (χ2v) is 16.2. The number of benzene rings is 2. The van der Waals surface area contributed by atoms with Gasteiger partial charge in [-0.2, -0.15) is 0 Å². The van der Waals surface area contributed by atoms with E-state index < -0.39 is 5.54 Å². The summed E-state index contributed by atoms with van der Waals surface area (Å²) >= 11 is 0. The van der Waals surface area contributed by atoms with E-state index in [1.54, 1.807) is 43.2 Å². The molecule has 2 aromatic rings. The van der Waals surface area contributed by atoms with Gasteiger partial charge in [0.25, 0.3) is 0 Å². The Balaban J connectivity index is 2.20. The molecule has 0 heterocycles. The minimum atomic E-state index is -0.627. The zero-order valence-electron chi connectivity index (χ0n) is 27.0. The normalized spacial score (nSPS) is 14.2. The van der Waals surface area contributed by atoms with Crippen molar-refractivity contribution in [2.75, 3.05) is 19.8 Å². The molecule has 6 N–H and O–H groups in total. The highest BCUT2D eigenvalue weighted by molar-refractivity contribution is 8.78. The highest BCUT2D eigenvalue weighted by Gasteiger charge is 2.33. The van der Waals surface area contributed by atoms with Crippen LogP contribution in [-0.2, 0) is 11.5 Å². The Morgan fingerprint density at radius 2 is 1.00 bits per heavy atom. The summed E-state index contributed by atoms with van der Waals surface area (Å²) < 4.78 is 0. The fraction of sp³-hybridized carbons (Fsp3) is 0.556. The highest BCUT2D eigenvalue weighted by atomic mass is 33.1. The average Bonchev–Trinajstić information content (AvgIpc) is 3.05. The Morgan fingerprint density at radius 1 is 0.614 bits per heavy atom. The molecule has 0 radical (unpaired) electrons. The van der Waals surface area contributed by atoms with Gasteiger partial charge in [0.1, 0.15) is 0 Å². The van der Waals surface area contributed by atoms with Crippen molar-refractivity contribution in [2.24, 2.45) is 11.5 Å². The lowest BCUT2D eigenvalue weighted by Crippen LogP contribution is -2.43. The van der Waals surface area contributed by atoms with Crippen LogP contribution in [0.4, 0.5) is 0 Å². The van der Waals surface area contributed by atoms with E-state index in [9.17, 15) is 10.2 Å². The van der Waals surface area contributed by atoms with Gasteiger partial charge in [-0.15, -0.1) is 0 Å². The van der Waals surface area contributed by atoms with E-state index in [2.05, 4.69) is 62.4 Å². The van der Waals surface area contributed by atoms with Gasteiger partial charge >= 0.3 is 0 Å². The van der Waals surface area contributed by atoms with Crippen LogP contribution in [0.2, 0.25) is 0 Å². The molecule has 0 amide bonds. The summed E-state index contributed by atoms with van der Waals surface area (Å²) in [5, 5.41) is 20.1. The maximum Gasteiger partial charge on any atom is 0.0601 e. The summed E-state index contributed by atoms with van der Waals surface area (Å²) in [7, 11) is 7.12. The minimum absolute atomic E-state index is 0.0981. The maximum atomic E-state index is 10.0. The lowest BCUT2D eigenvalue weighted by Gasteiger charge is -2.35. The summed E-state index contributed by atoms with van der Waals surface area (Å²) in [5.41, 5.74) is 17.4. The molecule has 4 nitrogen and oxygen atoms in total. The van der Waals surface area contributed by atoms with Gasteiger partial charge in [-0.1, -0.05) is 155 Å². The molecule has 2 rings (SSSR count). The van der Waals surface area contributed by atoms with Crippen molar-refractivity contribution in [3.8, 4) is 0 Å². The van der Waals surface area contributed by atoms with Crippen LogP contribution in [0, 0.1) is 0 Å². The van der Waals surface area contributed by atoms with Crippen LogP contribution in [-0.4, -0.2) is 35.5 Å². The summed E-state index contributed by atoms with van der Waals surface area (Å²) in [4.78, 5) is 2.33. The molecule has 0 aliphatic carbocycles. The molecule has 8 heteroatoms. The largest absolute Gasteiger partial charge is 0.396 e. The Hall–Kier alpha value is -0.840. The van der Waals surface area contributed by atoms with Gasteiger partial charge in [0.05, 0.1) is 5.54 Å². The number of aliphatic hydroxyl groups is 2. The molecule has 0 spiro atoms. The van der Waals surface area contributed by atoms with Crippen molar-refractivity contribution in [3.05, 3.63) is 92.7 Å². The fourth-order valence-corrected chi connectivity index (χ4v) is 10.5. The van der Waals surface area contributed by atoms with Crippen LogP contribution in [0.25, 0.3) is 0 Å². The first kappa shape index (κ1) is 39.3. The molecule has 2 aromatic carbocycles. The fourth-order valence-electron chi connectivity index (χ4n) is 5.21. The monoisotopic (exact) mass is 676 g/mol. The minimum Gasteiger partial charge on any atom is -0.396 e. The van der Waals surface area contributed by atoms with E-state index in [1.165, 1.54) is 56.1 Å². The maximum absolute atomic E-state index is 10.0. The van der Waals surface area contributed by atoms with Gasteiger partial charge in [0, 0.05) is 37.6 Å². The molecule has 0 unspecified atom stereocenters. The van der Waals surface area contributed by atoms with Gasteiger partial charge in [-0.3, -0.25) is 0 Å². The molecule has 0 aliphatic rings. The highest BCUT2D eigenvalue weighted by Crippen LogP contribution is 2.45. The van der Waals surface area contributed by atoms with E-state index in [-0.39, 0.29) is 13.2 Å². The first-order valence-corrected chi connectivity index (χ1v) is 20.9. The Kier molecular flexibility index (Phi) is 21.8. The predicted molar refractivity (Wildman–Crippen MR) is 202 cm³/mol. The van der Waals surface area contributed by atoms with Crippen LogP contribution >= 0.6 is 43.2 Å². The van der Waals surface area contributed by atoms with Crippen LogP contribution in [0.3, 0.4) is 0 Å². The van der Waals surface area contributed by atoms with Crippen molar-refractivity contribution in [2.45, 2.75) is 108 Å². The predicted octanol–water partition coefficient (Wildman–Crippen LogP) is 10.0. The van der Waals surface area contributed by atoms with Gasteiger partial charge < -0.3 is 21.7 Å². The zero-order valence-corrected chi connectivity index (χ0v) is 30.2. The Morgan fingerprint density at radius 3 is 1.39 bits per heavy atom. The van der Waals surface area contributed by atoms with Crippen LogP contribution < -0.4 is 11.5 Å². The van der Waals surface area contributed by atoms with Crippen molar-refractivity contribution >= 4 is 43.2 Å². The molecule has 0 fully saturated rings. The lowest BCUT2D eigenvalue weighted by molar-refractivity contribution is 0.300. The molecular weight excluding hydrogens is 621 g/mol. The van der Waals surface area contributed by atoms with Crippen molar-refractivity contribution in [1.82, 2.24) is 0 Å². The smallest absolute Gasteiger partial charge is 0.0601 e. The molecule has 0 bridgehead atoms. The molecule has 246 valence electrons.